The number of hydrogen-bond acceptors (Lipinski definition) is 2. The number of rotatable bonds is 3. The van der Waals surface area contributed by atoms with Gasteiger partial charge < -0.3 is 0 Å². The van der Waals surface area contributed by atoms with Gasteiger partial charge in [-0.3, -0.25) is 5.43 Å². The molecule has 2 rings (SSSR count). The van der Waals surface area contributed by atoms with Gasteiger partial charge in [0.1, 0.15) is 0 Å². The summed E-state index contributed by atoms with van der Waals surface area (Å²) in [4.78, 5) is 0. The van der Waals surface area contributed by atoms with Crippen molar-refractivity contribution in [3.05, 3.63) is 63.6 Å². The second-order valence-electron chi connectivity index (χ2n) is 3.40. The van der Waals surface area contributed by atoms with Gasteiger partial charge in [0.25, 0.3) is 0 Å². The molecule has 0 spiro atoms. The molecular weight excluding hydrogens is 300 g/mol. The molecule has 0 aliphatic carbocycles. The lowest BCUT2D eigenvalue weighted by Gasteiger charge is -2.00. The number of hydrazone groups is 1. The predicted molar refractivity (Wildman–Crippen MR) is 76.8 cm³/mol. The second-order valence-corrected chi connectivity index (χ2v) is 4.72. The average molecular weight is 310 g/mol. The summed E-state index contributed by atoms with van der Waals surface area (Å²) >= 11 is 9.42. The van der Waals surface area contributed by atoms with E-state index < -0.39 is 0 Å². The standard InChI is InChI=1S/C13H10BrClN2/c14-11-7-6-10(13(15)8-11)9-16-17-12-4-2-1-3-5-12/h1-9,17H. The molecule has 2 nitrogen and oxygen atoms in total. The molecule has 0 amide bonds. The fourth-order valence-corrected chi connectivity index (χ4v) is 2.02. The quantitative estimate of drug-likeness (QED) is 0.653. The van der Waals surface area contributed by atoms with Gasteiger partial charge in [-0.15, -0.1) is 0 Å². The SMILES string of the molecule is Clc1cc(Br)ccc1C=NNc1ccccc1. The van der Waals surface area contributed by atoms with Crippen LogP contribution in [0.15, 0.2) is 58.1 Å². The highest BCUT2D eigenvalue weighted by Gasteiger charge is 1.97. The lowest BCUT2D eigenvalue weighted by Crippen LogP contribution is -1.90. The first-order chi connectivity index (χ1) is 8.25. The predicted octanol–water partition coefficient (Wildman–Crippen LogP) is 4.55. The van der Waals surface area contributed by atoms with Gasteiger partial charge in [-0.1, -0.05) is 51.8 Å². The van der Waals surface area contributed by atoms with E-state index in [1.54, 1.807) is 6.21 Å². The van der Waals surface area contributed by atoms with Crippen LogP contribution >= 0.6 is 27.5 Å². The van der Waals surface area contributed by atoms with Crippen LogP contribution in [0, 0.1) is 0 Å². The van der Waals surface area contributed by atoms with Crippen molar-refractivity contribution in [3.8, 4) is 0 Å². The summed E-state index contributed by atoms with van der Waals surface area (Å²) in [6.07, 6.45) is 1.70. The summed E-state index contributed by atoms with van der Waals surface area (Å²) in [6, 6.07) is 15.4. The van der Waals surface area contributed by atoms with Gasteiger partial charge in [0.05, 0.1) is 16.9 Å². The van der Waals surface area contributed by atoms with Crippen molar-refractivity contribution in [2.75, 3.05) is 5.43 Å². The van der Waals surface area contributed by atoms with E-state index in [1.807, 2.05) is 48.5 Å². The molecule has 17 heavy (non-hydrogen) atoms. The lowest BCUT2D eigenvalue weighted by atomic mass is 10.2. The maximum Gasteiger partial charge on any atom is 0.0561 e. The first-order valence-electron chi connectivity index (χ1n) is 5.05. The largest absolute Gasteiger partial charge is 0.279 e. The summed E-state index contributed by atoms with van der Waals surface area (Å²) in [5.74, 6) is 0. The zero-order valence-electron chi connectivity index (χ0n) is 8.90. The molecule has 2 aromatic rings. The normalized spacial score (nSPS) is 10.7. The van der Waals surface area contributed by atoms with Crippen molar-refractivity contribution in [1.82, 2.24) is 0 Å². The van der Waals surface area contributed by atoms with E-state index in [0.29, 0.717) is 5.02 Å². The summed E-state index contributed by atoms with van der Waals surface area (Å²) < 4.78 is 0.954. The maximum atomic E-state index is 6.06. The number of anilines is 1. The molecule has 86 valence electrons. The number of para-hydroxylation sites is 1. The van der Waals surface area contributed by atoms with Crippen LogP contribution in [-0.4, -0.2) is 6.21 Å². The Morgan fingerprint density at radius 3 is 2.59 bits per heavy atom. The van der Waals surface area contributed by atoms with Gasteiger partial charge >= 0.3 is 0 Å². The summed E-state index contributed by atoms with van der Waals surface area (Å²) in [5.41, 5.74) is 4.75. The van der Waals surface area contributed by atoms with Gasteiger partial charge in [-0.25, -0.2) is 0 Å². The van der Waals surface area contributed by atoms with E-state index in [0.717, 1.165) is 15.7 Å². The van der Waals surface area contributed by atoms with Crippen LogP contribution < -0.4 is 5.43 Å². The van der Waals surface area contributed by atoms with Crippen LogP contribution in [-0.2, 0) is 0 Å². The topological polar surface area (TPSA) is 24.4 Å². The van der Waals surface area contributed by atoms with Crippen molar-refractivity contribution in [2.24, 2.45) is 5.10 Å². The minimum Gasteiger partial charge on any atom is -0.279 e. The molecule has 0 aliphatic rings. The Morgan fingerprint density at radius 1 is 1.12 bits per heavy atom. The molecule has 0 saturated carbocycles. The van der Waals surface area contributed by atoms with Crippen LogP contribution in [0.1, 0.15) is 5.56 Å². The van der Waals surface area contributed by atoms with Crippen molar-refractivity contribution in [3.63, 3.8) is 0 Å². The highest BCUT2D eigenvalue weighted by Crippen LogP contribution is 2.19. The van der Waals surface area contributed by atoms with Gasteiger partial charge in [0, 0.05) is 10.0 Å². The molecule has 0 heterocycles. The number of nitrogens with zero attached hydrogens (tertiary/aromatic N) is 1. The monoisotopic (exact) mass is 308 g/mol. The van der Waals surface area contributed by atoms with Crippen LogP contribution in [0.4, 0.5) is 5.69 Å². The fourth-order valence-electron chi connectivity index (χ4n) is 1.30. The molecule has 1 N–H and O–H groups in total. The van der Waals surface area contributed by atoms with Crippen LogP contribution in [0.3, 0.4) is 0 Å². The highest BCUT2D eigenvalue weighted by atomic mass is 79.9. The van der Waals surface area contributed by atoms with Gasteiger partial charge in [0.2, 0.25) is 0 Å². The molecule has 0 aromatic heterocycles. The van der Waals surface area contributed by atoms with E-state index >= 15 is 0 Å². The molecular formula is C13H10BrClN2. The van der Waals surface area contributed by atoms with Crippen molar-refractivity contribution in [1.29, 1.82) is 0 Å². The number of halogens is 2. The third kappa shape index (κ3) is 3.58. The minimum absolute atomic E-state index is 0.665. The van der Waals surface area contributed by atoms with Gasteiger partial charge in [-0.05, 0) is 24.3 Å². The number of benzene rings is 2. The number of hydrogen-bond donors (Lipinski definition) is 1. The molecule has 0 unspecified atom stereocenters. The summed E-state index contributed by atoms with van der Waals surface area (Å²) in [6.45, 7) is 0. The van der Waals surface area contributed by atoms with Gasteiger partial charge in [-0.2, -0.15) is 5.10 Å². The van der Waals surface area contributed by atoms with Crippen molar-refractivity contribution in [2.45, 2.75) is 0 Å². The Labute approximate surface area is 113 Å². The van der Waals surface area contributed by atoms with Crippen molar-refractivity contribution < 1.29 is 0 Å². The van der Waals surface area contributed by atoms with E-state index in [2.05, 4.69) is 26.5 Å². The molecule has 0 atom stereocenters. The molecule has 2 aromatic carbocycles. The van der Waals surface area contributed by atoms with E-state index in [4.69, 9.17) is 11.6 Å². The Balaban J connectivity index is 2.06. The highest BCUT2D eigenvalue weighted by molar-refractivity contribution is 9.10. The number of nitrogens with one attached hydrogen (secondary N) is 1. The van der Waals surface area contributed by atoms with Crippen LogP contribution in [0.25, 0.3) is 0 Å². The van der Waals surface area contributed by atoms with Crippen molar-refractivity contribution >= 4 is 39.4 Å². The Morgan fingerprint density at radius 2 is 1.88 bits per heavy atom. The third-order valence-corrected chi connectivity index (χ3v) is 2.95. The lowest BCUT2D eigenvalue weighted by molar-refractivity contribution is 1.35. The Hall–Kier alpha value is -1.32. The molecule has 0 saturated heterocycles. The smallest absolute Gasteiger partial charge is 0.0561 e. The first-order valence-corrected chi connectivity index (χ1v) is 6.22. The fraction of sp³-hybridized carbons (Fsp3) is 0. The van der Waals surface area contributed by atoms with E-state index in [9.17, 15) is 0 Å². The zero-order valence-corrected chi connectivity index (χ0v) is 11.2. The minimum atomic E-state index is 0.665. The zero-order chi connectivity index (χ0) is 12.1. The summed E-state index contributed by atoms with van der Waals surface area (Å²) in [7, 11) is 0. The van der Waals surface area contributed by atoms with E-state index in [1.165, 1.54) is 0 Å². The summed E-state index contributed by atoms with van der Waals surface area (Å²) in [5, 5.41) is 4.79. The van der Waals surface area contributed by atoms with Gasteiger partial charge in [0.15, 0.2) is 0 Å². The molecule has 0 bridgehead atoms. The van der Waals surface area contributed by atoms with E-state index in [-0.39, 0.29) is 0 Å². The van der Waals surface area contributed by atoms with Crippen LogP contribution in [0.2, 0.25) is 5.02 Å². The van der Waals surface area contributed by atoms with Crippen LogP contribution in [0.5, 0.6) is 0 Å². The molecule has 4 heteroatoms. The average Bonchev–Trinajstić information content (AvgIpc) is 2.33. The second kappa shape index (κ2) is 5.84. The molecule has 0 radical (unpaired) electrons. The molecule has 0 fully saturated rings. The Kier molecular flexibility index (Phi) is 4.18. The third-order valence-electron chi connectivity index (χ3n) is 2.13. The molecule has 0 aliphatic heterocycles. The first kappa shape index (κ1) is 12.1. The Bertz CT molecular complexity index is 526. The maximum absolute atomic E-state index is 6.06.